The molecule has 0 spiro atoms. The molecular weight excluding hydrogens is 871 g/mol. The SMILES string of the molecule is C=CC(=O)N1C[C@H](C)N(C(=O)N(C)[C@H](C(=O)N[C@H]2Cc3nc(cs3)-c3ccc4c(c3)c(c(-c3cccnc3[C@H](C)OC)n4CC)CC(C)(C)COC(=O)[C@@H]3CCCN(N3)C2=O)C(C)C)C[C@H]1C. The van der Waals surface area contributed by atoms with E-state index in [9.17, 15) is 24.0 Å². The van der Waals surface area contributed by atoms with E-state index in [1.807, 2.05) is 46.1 Å². The van der Waals surface area contributed by atoms with Crippen LogP contribution in [0.25, 0.3) is 33.4 Å². The summed E-state index contributed by atoms with van der Waals surface area (Å²) in [6, 6.07) is 6.64. The van der Waals surface area contributed by atoms with Gasteiger partial charge in [-0.2, -0.15) is 0 Å². The number of thiazole rings is 1. The van der Waals surface area contributed by atoms with Crippen molar-refractivity contribution in [3.05, 3.63) is 70.8 Å². The molecule has 0 radical (unpaired) electrons. The standard InChI is InChI=1S/C50H67N9O7S/c1-12-42(60)57-25-31(6)58(26-30(57)5)49(64)55(10)44(29(3)4)46(61)53-38-23-41-52-39(27-67-41)33-18-19-40-35(22-33)36(45(56(40)13-2)34-16-14-20-51-43(34)32(7)65-11)24-50(8,9)28-66-48(63)37-17-15-21-59(54-37)47(38)62/h12,14,16,18-20,22,27,29-32,37-38,44,54H,1,13,15,17,21,23-26,28H2,2-11H3,(H,53,61)/t30-,31+,32+,37+,38+,44+/m1/s1. The summed E-state index contributed by atoms with van der Waals surface area (Å²) in [5.74, 6) is -1.92. The zero-order chi connectivity index (χ0) is 48.5. The van der Waals surface area contributed by atoms with E-state index in [1.165, 1.54) is 27.3 Å². The van der Waals surface area contributed by atoms with E-state index < -0.39 is 41.3 Å². The molecule has 16 nitrogen and oxygen atoms in total. The maximum atomic E-state index is 14.7. The Morgan fingerprint density at radius 2 is 1.85 bits per heavy atom. The summed E-state index contributed by atoms with van der Waals surface area (Å²) in [5, 5.41) is 8.11. The predicted octanol–water partition coefficient (Wildman–Crippen LogP) is 6.39. The maximum absolute atomic E-state index is 14.7. The van der Waals surface area contributed by atoms with Crippen LogP contribution >= 0.6 is 11.3 Å². The zero-order valence-corrected chi connectivity index (χ0v) is 41.4. The molecule has 0 aliphatic carbocycles. The third-order valence-corrected chi connectivity index (χ3v) is 14.3. The molecule has 0 unspecified atom stereocenters. The number of rotatable bonds is 9. The number of nitrogens with zero attached hydrogens (tertiary/aromatic N) is 7. The molecule has 2 fully saturated rings. The Bertz CT molecular complexity index is 2520. The molecule has 0 saturated carbocycles. The highest BCUT2D eigenvalue weighted by atomic mass is 32.1. The summed E-state index contributed by atoms with van der Waals surface area (Å²) in [6.07, 6.45) is 4.45. The van der Waals surface area contributed by atoms with Gasteiger partial charge in [0.05, 0.1) is 34.8 Å². The van der Waals surface area contributed by atoms with Crippen molar-refractivity contribution in [1.29, 1.82) is 0 Å². The van der Waals surface area contributed by atoms with Crippen molar-refractivity contribution in [3.8, 4) is 22.5 Å². The van der Waals surface area contributed by atoms with Crippen molar-refractivity contribution in [3.63, 3.8) is 0 Å². The molecule has 7 rings (SSSR count). The Balaban J connectivity index is 1.26. The maximum Gasteiger partial charge on any atom is 0.324 e. The minimum absolute atomic E-state index is 0.0678. The summed E-state index contributed by atoms with van der Waals surface area (Å²) >= 11 is 1.40. The Labute approximate surface area is 398 Å². The summed E-state index contributed by atoms with van der Waals surface area (Å²) < 4.78 is 14.2. The average Bonchev–Trinajstić information content (AvgIpc) is 3.91. The van der Waals surface area contributed by atoms with Gasteiger partial charge < -0.3 is 34.1 Å². The molecule has 3 aliphatic heterocycles. The lowest BCUT2D eigenvalue weighted by Crippen LogP contribution is -2.64. The topological polar surface area (TPSA) is 172 Å². The normalized spacial score (nSPS) is 22.2. The van der Waals surface area contributed by atoms with Gasteiger partial charge in [0, 0.05) is 97.9 Å². The van der Waals surface area contributed by atoms with Crippen LogP contribution in [0.15, 0.2) is 54.6 Å². The van der Waals surface area contributed by atoms with Crippen LogP contribution < -0.4 is 10.7 Å². The van der Waals surface area contributed by atoms with E-state index in [1.54, 1.807) is 30.2 Å². The number of hydrogen-bond donors (Lipinski definition) is 2. The van der Waals surface area contributed by atoms with Gasteiger partial charge in [0.25, 0.3) is 5.91 Å². The van der Waals surface area contributed by atoms with Crippen molar-refractivity contribution >= 4 is 52.0 Å². The number of cyclic esters (lactones) is 1. The lowest BCUT2D eigenvalue weighted by atomic mass is 9.84. The molecule has 3 aliphatic rings. The zero-order valence-electron chi connectivity index (χ0n) is 40.6. The first-order chi connectivity index (χ1) is 31.9. The minimum atomic E-state index is -1.10. The van der Waals surface area contributed by atoms with Crippen LogP contribution in [0.1, 0.15) is 90.6 Å². The summed E-state index contributed by atoms with van der Waals surface area (Å²) in [7, 11) is 3.28. The molecule has 17 heteroatoms. The molecule has 6 atom stereocenters. The first-order valence-corrected chi connectivity index (χ1v) is 24.3. The molecule has 67 heavy (non-hydrogen) atoms. The van der Waals surface area contributed by atoms with Gasteiger partial charge in [-0.15, -0.1) is 11.3 Å². The van der Waals surface area contributed by atoms with Crippen LogP contribution in [0.5, 0.6) is 0 Å². The largest absolute Gasteiger partial charge is 0.464 e. The average molecular weight is 938 g/mol. The van der Waals surface area contributed by atoms with E-state index in [0.29, 0.717) is 43.9 Å². The Kier molecular flexibility index (Phi) is 14.9. The molecular formula is C50H67N9O7S. The quantitative estimate of drug-likeness (QED) is 0.142. The van der Waals surface area contributed by atoms with E-state index in [-0.39, 0.29) is 55.6 Å². The van der Waals surface area contributed by atoms with Crippen molar-refractivity contribution in [2.75, 3.05) is 40.4 Å². The second-order valence-corrected chi connectivity index (χ2v) is 20.3. The molecule has 6 heterocycles. The number of methoxy groups -OCH3 is 1. The number of urea groups is 1. The van der Waals surface area contributed by atoms with Crippen LogP contribution in [0.4, 0.5) is 4.79 Å². The first-order valence-electron chi connectivity index (χ1n) is 23.5. The molecule has 360 valence electrons. The number of piperazine rings is 1. The van der Waals surface area contributed by atoms with Gasteiger partial charge in [0.15, 0.2) is 0 Å². The van der Waals surface area contributed by atoms with E-state index in [2.05, 4.69) is 66.9 Å². The van der Waals surface area contributed by atoms with Gasteiger partial charge >= 0.3 is 12.0 Å². The number of carbonyl (C=O) groups excluding carboxylic acids is 5. The number of esters is 1. The van der Waals surface area contributed by atoms with E-state index in [0.717, 1.165) is 44.7 Å². The van der Waals surface area contributed by atoms with E-state index in [4.69, 9.17) is 19.4 Å². The van der Waals surface area contributed by atoms with Crippen LogP contribution in [0, 0.1) is 11.3 Å². The fraction of sp³-hybridized carbons (Fsp3) is 0.540. The van der Waals surface area contributed by atoms with Gasteiger partial charge in [-0.3, -0.25) is 29.2 Å². The van der Waals surface area contributed by atoms with Crippen LogP contribution in [0.2, 0.25) is 0 Å². The summed E-state index contributed by atoms with van der Waals surface area (Å²) in [4.78, 5) is 84.6. The lowest BCUT2D eigenvalue weighted by Gasteiger charge is -2.46. The molecule has 1 aromatic carbocycles. The van der Waals surface area contributed by atoms with Crippen LogP contribution in [-0.4, -0.2) is 135 Å². The number of likely N-dealkylation sites (N-methyl/N-ethyl adjacent to an activating group) is 1. The number of hydrogen-bond acceptors (Lipinski definition) is 11. The number of pyridine rings is 1. The molecule has 4 aromatic rings. The van der Waals surface area contributed by atoms with E-state index >= 15 is 0 Å². The number of nitrogens with one attached hydrogen (secondary N) is 2. The lowest BCUT2D eigenvalue weighted by molar-refractivity contribution is -0.155. The van der Waals surface area contributed by atoms with Crippen LogP contribution in [0.3, 0.4) is 0 Å². The molecule has 3 aromatic heterocycles. The second-order valence-electron chi connectivity index (χ2n) is 19.4. The number of amides is 5. The number of fused-ring (bicyclic) bond motifs is 6. The van der Waals surface area contributed by atoms with Gasteiger partial charge in [0.2, 0.25) is 11.8 Å². The van der Waals surface area contributed by atoms with Gasteiger partial charge in [-0.05, 0) is 88.8 Å². The smallest absolute Gasteiger partial charge is 0.324 e. The summed E-state index contributed by atoms with van der Waals surface area (Å²) in [6.45, 7) is 21.2. The van der Waals surface area contributed by atoms with Crippen molar-refractivity contribution in [2.45, 2.75) is 124 Å². The van der Waals surface area contributed by atoms with Crippen molar-refractivity contribution in [1.82, 2.24) is 45.0 Å². The highest BCUT2D eigenvalue weighted by Crippen LogP contribution is 2.42. The summed E-state index contributed by atoms with van der Waals surface area (Å²) in [5.41, 5.74) is 9.24. The van der Waals surface area contributed by atoms with Gasteiger partial charge in [0.1, 0.15) is 18.1 Å². The monoisotopic (exact) mass is 937 g/mol. The molecule has 5 amide bonds. The molecule has 2 saturated heterocycles. The third-order valence-electron chi connectivity index (χ3n) is 13.5. The van der Waals surface area contributed by atoms with Crippen molar-refractivity contribution in [2.24, 2.45) is 11.3 Å². The Morgan fingerprint density at radius 1 is 1.12 bits per heavy atom. The van der Waals surface area contributed by atoms with Gasteiger partial charge in [-0.1, -0.05) is 40.3 Å². The number of aromatic nitrogens is 3. The van der Waals surface area contributed by atoms with Gasteiger partial charge in [-0.25, -0.2) is 15.2 Å². The second kappa shape index (κ2) is 20.3. The minimum Gasteiger partial charge on any atom is -0.464 e. The highest BCUT2D eigenvalue weighted by molar-refractivity contribution is 7.10. The Hall–Kier alpha value is -5.65. The highest BCUT2D eigenvalue weighted by Gasteiger charge is 2.41. The first kappa shape index (κ1) is 49.3. The van der Waals surface area contributed by atoms with Crippen molar-refractivity contribution < 1.29 is 33.4 Å². The Morgan fingerprint density at radius 3 is 2.55 bits per heavy atom. The molecule has 6 bridgehead atoms. The number of hydrazine groups is 1. The number of benzene rings is 1. The predicted molar refractivity (Wildman–Crippen MR) is 259 cm³/mol. The van der Waals surface area contributed by atoms with Crippen LogP contribution in [-0.2, 0) is 48.0 Å². The molecule has 2 N–H and O–H groups in total. The number of ether oxygens (including phenoxy) is 2. The number of aryl methyl sites for hydroxylation is 1. The fourth-order valence-electron chi connectivity index (χ4n) is 9.89. The third kappa shape index (κ3) is 10.1. The fourth-order valence-corrected chi connectivity index (χ4v) is 10.7. The number of carbonyl (C=O) groups is 5.